The van der Waals surface area contributed by atoms with Crippen LogP contribution in [-0.4, -0.2) is 13.7 Å². The zero-order valence-electron chi connectivity index (χ0n) is 8.46. The largest absolute Gasteiger partial charge is 0.497 e. The van der Waals surface area contributed by atoms with Gasteiger partial charge in [0.2, 0.25) is 0 Å². The minimum Gasteiger partial charge on any atom is -0.497 e. The van der Waals surface area contributed by atoms with Crippen LogP contribution in [0.25, 0.3) is 0 Å². The van der Waals surface area contributed by atoms with E-state index in [0.29, 0.717) is 6.61 Å². The van der Waals surface area contributed by atoms with Gasteiger partial charge in [0.05, 0.1) is 13.7 Å². The number of hydrogen-bond donors (Lipinski definition) is 0. The fourth-order valence-electron chi connectivity index (χ4n) is 1.24. The van der Waals surface area contributed by atoms with Gasteiger partial charge >= 0.3 is 0 Å². The molecule has 2 heteroatoms. The minimum absolute atomic E-state index is 0.695. The molecule has 1 aromatic carbocycles. The second-order valence-electron chi connectivity index (χ2n) is 2.76. The van der Waals surface area contributed by atoms with Crippen molar-refractivity contribution in [2.75, 3.05) is 13.7 Å². The summed E-state index contributed by atoms with van der Waals surface area (Å²) in [6, 6.07) is 5.94. The van der Waals surface area contributed by atoms with Crippen LogP contribution in [-0.2, 0) is 6.42 Å². The summed E-state index contributed by atoms with van der Waals surface area (Å²) in [6.07, 6.45) is 0.985. The minimum atomic E-state index is 0.695. The Bertz CT molecular complexity index is 269. The van der Waals surface area contributed by atoms with Crippen LogP contribution >= 0.6 is 0 Å². The van der Waals surface area contributed by atoms with Crippen LogP contribution in [0, 0.1) is 0 Å². The molecule has 0 heterocycles. The van der Waals surface area contributed by atoms with Crippen molar-refractivity contribution in [3.63, 3.8) is 0 Å². The number of methoxy groups -OCH3 is 1. The van der Waals surface area contributed by atoms with Gasteiger partial charge in [-0.15, -0.1) is 0 Å². The van der Waals surface area contributed by atoms with Crippen LogP contribution in [0.3, 0.4) is 0 Å². The van der Waals surface area contributed by atoms with E-state index in [1.54, 1.807) is 7.11 Å². The van der Waals surface area contributed by atoms with E-state index >= 15 is 0 Å². The molecular formula is C11H16O2. The highest BCUT2D eigenvalue weighted by atomic mass is 16.5. The zero-order valence-corrected chi connectivity index (χ0v) is 8.46. The van der Waals surface area contributed by atoms with Gasteiger partial charge in [0.25, 0.3) is 0 Å². The molecule has 0 spiro atoms. The van der Waals surface area contributed by atoms with Crippen LogP contribution in [0.4, 0.5) is 0 Å². The van der Waals surface area contributed by atoms with Crippen molar-refractivity contribution in [2.45, 2.75) is 20.3 Å². The molecule has 0 fully saturated rings. The van der Waals surface area contributed by atoms with E-state index in [1.165, 1.54) is 5.56 Å². The van der Waals surface area contributed by atoms with Crippen molar-refractivity contribution in [3.8, 4) is 11.5 Å². The lowest BCUT2D eigenvalue weighted by atomic mass is 10.1. The lowest BCUT2D eigenvalue weighted by Gasteiger charge is -2.09. The molecule has 0 aliphatic rings. The predicted octanol–water partition coefficient (Wildman–Crippen LogP) is 2.66. The maximum absolute atomic E-state index is 5.49. The highest BCUT2D eigenvalue weighted by molar-refractivity contribution is 5.40. The van der Waals surface area contributed by atoms with E-state index in [0.717, 1.165) is 17.9 Å². The van der Waals surface area contributed by atoms with Crippen molar-refractivity contribution in [3.05, 3.63) is 23.8 Å². The van der Waals surface area contributed by atoms with E-state index in [-0.39, 0.29) is 0 Å². The summed E-state index contributed by atoms with van der Waals surface area (Å²) in [4.78, 5) is 0. The van der Waals surface area contributed by atoms with Crippen molar-refractivity contribution < 1.29 is 9.47 Å². The maximum atomic E-state index is 5.49. The molecule has 0 aromatic heterocycles. The Morgan fingerprint density at radius 2 is 2.00 bits per heavy atom. The summed E-state index contributed by atoms with van der Waals surface area (Å²) in [7, 11) is 1.66. The highest BCUT2D eigenvalue weighted by Crippen LogP contribution is 2.24. The second-order valence-corrected chi connectivity index (χ2v) is 2.76. The molecule has 2 nitrogen and oxygen atoms in total. The zero-order chi connectivity index (χ0) is 9.68. The third kappa shape index (κ3) is 2.38. The van der Waals surface area contributed by atoms with Crippen LogP contribution in [0.1, 0.15) is 19.4 Å². The Hall–Kier alpha value is -1.18. The Labute approximate surface area is 79.5 Å². The summed E-state index contributed by atoms with van der Waals surface area (Å²) < 4.78 is 10.6. The molecule has 0 saturated heterocycles. The van der Waals surface area contributed by atoms with Gasteiger partial charge in [-0.05, 0) is 25.0 Å². The molecule has 1 rings (SSSR count). The van der Waals surface area contributed by atoms with E-state index in [9.17, 15) is 0 Å². The number of ether oxygens (including phenoxy) is 2. The molecule has 0 aliphatic carbocycles. The molecule has 13 heavy (non-hydrogen) atoms. The van der Waals surface area contributed by atoms with Gasteiger partial charge in [0.1, 0.15) is 11.5 Å². The van der Waals surface area contributed by atoms with Crippen LogP contribution in [0.5, 0.6) is 11.5 Å². The van der Waals surface area contributed by atoms with E-state index in [1.807, 2.05) is 25.1 Å². The maximum Gasteiger partial charge on any atom is 0.126 e. The smallest absolute Gasteiger partial charge is 0.126 e. The van der Waals surface area contributed by atoms with Crippen LogP contribution in [0.15, 0.2) is 18.2 Å². The number of rotatable bonds is 4. The van der Waals surface area contributed by atoms with Crippen molar-refractivity contribution >= 4 is 0 Å². The first-order valence-electron chi connectivity index (χ1n) is 4.61. The van der Waals surface area contributed by atoms with E-state index in [2.05, 4.69) is 6.92 Å². The van der Waals surface area contributed by atoms with Gasteiger partial charge in [0.15, 0.2) is 0 Å². The third-order valence-electron chi connectivity index (χ3n) is 1.96. The molecular weight excluding hydrogens is 164 g/mol. The number of benzene rings is 1. The van der Waals surface area contributed by atoms with Crippen LogP contribution < -0.4 is 9.47 Å². The first-order valence-corrected chi connectivity index (χ1v) is 4.61. The van der Waals surface area contributed by atoms with Gasteiger partial charge in [-0.2, -0.15) is 0 Å². The molecule has 0 bridgehead atoms. The lowest BCUT2D eigenvalue weighted by molar-refractivity contribution is 0.333. The normalized spacial score (nSPS) is 9.77. The van der Waals surface area contributed by atoms with E-state index in [4.69, 9.17) is 9.47 Å². The van der Waals surface area contributed by atoms with E-state index < -0.39 is 0 Å². The molecule has 0 N–H and O–H groups in total. The number of aryl methyl sites for hydroxylation is 1. The fraction of sp³-hybridized carbons (Fsp3) is 0.455. The average molecular weight is 180 g/mol. The van der Waals surface area contributed by atoms with Crippen molar-refractivity contribution in [2.24, 2.45) is 0 Å². The van der Waals surface area contributed by atoms with Crippen molar-refractivity contribution in [1.82, 2.24) is 0 Å². The molecule has 0 atom stereocenters. The number of hydrogen-bond acceptors (Lipinski definition) is 2. The molecule has 0 saturated carbocycles. The standard InChI is InChI=1S/C11H16O2/c1-4-9-6-7-10(12-3)8-11(9)13-5-2/h6-8H,4-5H2,1-3H3. The Balaban J connectivity index is 2.95. The summed E-state index contributed by atoms with van der Waals surface area (Å²) in [6.45, 7) is 4.80. The molecule has 0 aliphatic heterocycles. The van der Waals surface area contributed by atoms with Gasteiger partial charge in [-0.1, -0.05) is 13.0 Å². The lowest BCUT2D eigenvalue weighted by Crippen LogP contribution is -1.96. The summed E-state index contributed by atoms with van der Waals surface area (Å²) in [5.74, 6) is 1.78. The SMILES string of the molecule is CCOc1cc(OC)ccc1CC. The average Bonchev–Trinajstić information content (AvgIpc) is 2.18. The first kappa shape index (κ1) is 9.90. The Morgan fingerprint density at radius 3 is 2.54 bits per heavy atom. The topological polar surface area (TPSA) is 18.5 Å². The predicted molar refractivity (Wildman–Crippen MR) is 53.5 cm³/mol. The quantitative estimate of drug-likeness (QED) is 0.709. The summed E-state index contributed by atoms with van der Waals surface area (Å²) in [5.41, 5.74) is 1.22. The van der Waals surface area contributed by atoms with Crippen LogP contribution in [0.2, 0.25) is 0 Å². The first-order chi connectivity index (χ1) is 6.31. The van der Waals surface area contributed by atoms with Gasteiger partial charge < -0.3 is 9.47 Å². The van der Waals surface area contributed by atoms with Gasteiger partial charge in [-0.3, -0.25) is 0 Å². The molecule has 72 valence electrons. The second kappa shape index (κ2) is 4.75. The molecule has 0 unspecified atom stereocenters. The van der Waals surface area contributed by atoms with Crippen molar-refractivity contribution in [1.29, 1.82) is 0 Å². The third-order valence-corrected chi connectivity index (χ3v) is 1.96. The van der Waals surface area contributed by atoms with Gasteiger partial charge in [0, 0.05) is 6.07 Å². The fourth-order valence-corrected chi connectivity index (χ4v) is 1.24. The Kier molecular flexibility index (Phi) is 3.62. The highest BCUT2D eigenvalue weighted by Gasteiger charge is 2.02. The molecule has 0 radical (unpaired) electrons. The summed E-state index contributed by atoms with van der Waals surface area (Å²) >= 11 is 0. The molecule has 1 aromatic rings. The Morgan fingerprint density at radius 1 is 1.23 bits per heavy atom. The monoisotopic (exact) mass is 180 g/mol. The molecule has 0 amide bonds. The summed E-state index contributed by atoms with van der Waals surface area (Å²) in [5, 5.41) is 0. The van der Waals surface area contributed by atoms with Gasteiger partial charge in [-0.25, -0.2) is 0 Å².